The van der Waals surface area contributed by atoms with Gasteiger partial charge in [-0.2, -0.15) is 0 Å². The van der Waals surface area contributed by atoms with E-state index in [-0.39, 0.29) is 5.41 Å². The summed E-state index contributed by atoms with van der Waals surface area (Å²) in [5.41, 5.74) is 3.77. The predicted molar refractivity (Wildman–Crippen MR) is 176 cm³/mol. The highest BCUT2D eigenvalue weighted by Gasteiger charge is 2.24. The normalized spacial score (nSPS) is 16.6. The largest absolute Gasteiger partial charge is 0.387 e. The number of nitrogens with zero attached hydrogens (tertiary/aromatic N) is 4. The molecule has 1 saturated heterocycles. The Morgan fingerprint density at radius 2 is 1.80 bits per heavy atom. The van der Waals surface area contributed by atoms with E-state index in [0.29, 0.717) is 18.0 Å². The van der Waals surface area contributed by atoms with Crippen LogP contribution in [0.1, 0.15) is 92.0 Å². The molecule has 3 heterocycles. The number of nitrogens with one attached hydrogen (secondary N) is 2. The molecule has 1 aliphatic rings. The highest BCUT2D eigenvalue weighted by Crippen LogP contribution is 2.32. The Kier molecular flexibility index (Phi) is 11.8. The molecule has 226 valence electrons. The van der Waals surface area contributed by atoms with Crippen molar-refractivity contribution in [2.45, 2.75) is 100 Å². The lowest BCUT2D eigenvalue weighted by Gasteiger charge is -2.34. The summed E-state index contributed by atoms with van der Waals surface area (Å²) >= 11 is 0. The van der Waals surface area contributed by atoms with Crippen LogP contribution in [0.3, 0.4) is 0 Å². The number of allylic oxidation sites excluding steroid dienone is 3. The molecule has 0 bridgehead atoms. The Morgan fingerprint density at radius 1 is 1.07 bits per heavy atom. The fraction of sp³-hybridized carbons (Fsp3) is 0.600. The first-order chi connectivity index (χ1) is 19.4. The van der Waals surface area contributed by atoms with Gasteiger partial charge in [0.25, 0.3) is 0 Å². The topological polar surface area (TPSA) is 58.0 Å². The second-order valence-electron chi connectivity index (χ2n) is 13.5. The SMILES string of the molecule is C=C(NCCN1CCC(Nc2nc(=C/C)/c(=C\C=C/C)n2Cc2cccc(C)n2)CC1)C(C)(C)CCCC(C)(C)C. The molecule has 1 fully saturated rings. The average Bonchev–Trinajstić information content (AvgIpc) is 3.23. The van der Waals surface area contributed by atoms with Crippen LogP contribution < -0.4 is 21.3 Å². The van der Waals surface area contributed by atoms with E-state index in [1.165, 1.54) is 25.0 Å². The fourth-order valence-electron chi connectivity index (χ4n) is 5.48. The zero-order valence-corrected chi connectivity index (χ0v) is 27.2. The molecule has 2 aromatic rings. The number of likely N-dealkylation sites (tertiary alicyclic amines) is 1. The van der Waals surface area contributed by atoms with Crippen LogP contribution in [0.25, 0.3) is 12.2 Å². The lowest BCUT2D eigenvalue weighted by atomic mass is 9.80. The van der Waals surface area contributed by atoms with Crippen LogP contribution in [0.5, 0.6) is 0 Å². The minimum Gasteiger partial charge on any atom is -0.387 e. The van der Waals surface area contributed by atoms with Gasteiger partial charge in [-0.3, -0.25) is 4.98 Å². The van der Waals surface area contributed by atoms with Crippen molar-refractivity contribution in [3.63, 3.8) is 0 Å². The van der Waals surface area contributed by atoms with Crippen molar-refractivity contribution in [1.82, 2.24) is 24.8 Å². The highest BCUT2D eigenvalue weighted by molar-refractivity contribution is 5.41. The van der Waals surface area contributed by atoms with Gasteiger partial charge in [0.05, 0.1) is 22.9 Å². The van der Waals surface area contributed by atoms with Gasteiger partial charge in [0.1, 0.15) is 0 Å². The van der Waals surface area contributed by atoms with E-state index in [9.17, 15) is 0 Å². The molecule has 6 heteroatoms. The molecule has 3 rings (SSSR count). The van der Waals surface area contributed by atoms with Gasteiger partial charge in [0.15, 0.2) is 0 Å². The van der Waals surface area contributed by atoms with Gasteiger partial charge in [-0.05, 0) is 70.1 Å². The molecule has 2 aromatic heterocycles. The zero-order chi connectivity index (χ0) is 30.0. The lowest BCUT2D eigenvalue weighted by Crippen LogP contribution is -2.42. The molecular weight excluding hydrogens is 504 g/mol. The Morgan fingerprint density at radius 3 is 2.44 bits per heavy atom. The summed E-state index contributed by atoms with van der Waals surface area (Å²) in [4.78, 5) is 12.3. The summed E-state index contributed by atoms with van der Waals surface area (Å²) in [7, 11) is 0. The number of pyridine rings is 1. The monoisotopic (exact) mass is 560 g/mol. The van der Waals surface area contributed by atoms with Gasteiger partial charge in [0, 0.05) is 49.0 Å². The standard InChI is InChI=1S/C35H56N6/c1-10-12-17-32-31(11-2)39-33(41(32)26-30-16-13-15-27(3)37-30)38-29-18-23-40(24-19-29)25-22-36-28(4)35(8,9)21-14-20-34(5,6)7/h10-13,15-17,29,36H,4,14,18-26H2,1-3,5-9H3,(H,38,39)/b12-10-,31-11+,32-17+. The number of rotatable bonds is 13. The molecule has 0 radical (unpaired) electrons. The van der Waals surface area contributed by atoms with Gasteiger partial charge in [-0.1, -0.05) is 71.9 Å². The van der Waals surface area contributed by atoms with Crippen molar-refractivity contribution < 1.29 is 0 Å². The van der Waals surface area contributed by atoms with Crippen LogP contribution in [-0.4, -0.2) is 51.7 Å². The molecule has 0 amide bonds. The minimum atomic E-state index is 0.121. The van der Waals surface area contributed by atoms with E-state index < -0.39 is 0 Å². The maximum absolute atomic E-state index is 5.01. The molecule has 0 spiro atoms. The predicted octanol–water partition coefficient (Wildman–Crippen LogP) is 6.01. The zero-order valence-electron chi connectivity index (χ0n) is 27.2. The smallest absolute Gasteiger partial charge is 0.204 e. The van der Waals surface area contributed by atoms with E-state index in [2.05, 4.69) is 105 Å². The summed E-state index contributed by atoms with van der Waals surface area (Å²) in [5, 5.41) is 9.57. The number of piperidine rings is 1. The van der Waals surface area contributed by atoms with Gasteiger partial charge in [-0.25, -0.2) is 4.98 Å². The van der Waals surface area contributed by atoms with E-state index in [0.717, 1.165) is 67.1 Å². The second-order valence-corrected chi connectivity index (χ2v) is 13.5. The minimum absolute atomic E-state index is 0.121. The van der Waals surface area contributed by atoms with E-state index in [4.69, 9.17) is 9.97 Å². The first-order valence-electron chi connectivity index (χ1n) is 15.6. The number of aromatic nitrogens is 3. The lowest BCUT2D eigenvalue weighted by molar-refractivity contribution is 0.218. The van der Waals surface area contributed by atoms with Gasteiger partial charge >= 0.3 is 0 Å². The number of aryl methyl sites for hydroxylation is 1. The fourth-order valence-corrected chi connectivity index (χ4v) is 5.48. The van der Waals surface area contributed by atoms with Gasteiger partial charge in [-0.15, -0.1) is 0 Å². The van der Waals surface area contributed by atoms with Gasteiger partial charge < -0.3 is 20.1 Å². The molecule has 0 unspecified atom stereocenters. The van der Waals surface area contributed by atoms with Crippen molar-refractivity contribution in [2.75, 3.05) is 31.5 Å². The van der Waals surface area contributed by atoms with E-state index in [1.54, 1.807) is 0 Å². The number of hydrogen-bond acceptors (Lipinski definition) is 5. The summed E-state index contributed by atoms with van der Waals surface area (Å²) in [6.07, 6.45) is 14.3. The number of hydrogen-bond donors (Lipinski definition) is 2. The highest BCUT2D eigenvalue weighted by atomic mass is 15.2. The Bertz CT molecular complexity index is 1270. The second kappa shape index (κ2) is 14.9. The Labute approximate surface area is 249 Å². The van der Waals surface area contributed by atoms with Crippen molar-refractivity contribution in [1.29, 1.82) is 0 Å². The van der Waals surface area contributed by atoms with Crippen LogP contribution in [0.2, 0.25) is 0 Å². The maximum Gasteiger partial charge on any atom is 0.204 e. The van der Waals surface area contributed by atoms with Crippen molar-refractivity contribution in [3.8, 4) is 0 Å². The molecular formula is C35H56N6. The van der Waals surface area contributed by atoms with Crippen molar-refractivity contribution >= 4 is 18.1 Å². The number of anilines is 1. The van der Waals surface area contributed by atoms with E-state index in [1.807, 2.05) is 19.9 Å². The Hall–Kier alpha value is -2.86. The summed E-state index contributed by atoms with van der Waals surface area (Å²) in [6.45, 7) is 27.0. The van der Waals surface area contributed by atoms with Crippen LogP contribution in [0.4, 0.5) is 5.95 Å². The molecule has 0 aliphatic carbocycles. The molecule has 2 N–H and O–H groups in total. The third kappa shape index (κ3) is 10.2. The molecule has 1 aliphatic heterocycles. The first kappa shape index (κ1) is 32.7. The quantitative estimate of drug-likeness (QED) is 0.314. The molecule has 0 aromatic carbocycles. The Balaban J connectivity index is 1.56. The number of imidazole rings is 1. The summed E-state index contributed by atoms with van der Waals surface area (Å²) in [6, 6.07) is 6.63. The van der Waals surface area contributed by atoms with Crippen LogP contribution in [0.15, 0.2) is 42.6 Å². The third-order valence-electron chi connectivity index (χ3n) is 8.25. The summed E-state index contributed by atoms with van der Waals surface area (Å²) in [5.74, 6) is 0.933. The van der Waals surface area contributed by atoms with E-state index >= 15 is 0 Å². The van der Waals surface area contributed by atoms with Crippen LogP contribution in [0, 0.1) is 17.8 Å². The molecule has 6 nitrogen and oxygen atoms in total. The first-order valence-corrected chi connectivity index (χ1v) is 15.6. The van der Waals surface area contributed by atoms with Crippen molar-refractivity contribution in [3.05, 3.63) is 64.7 Å². The molecule has 0 saturated carbocycles. The summed E-state index contributed by atoms with van der Waals surface area (Å²) < 4.78 is 2.28. The van der Waals surface area contributed by atoms with Crippen LogP contribution >= 0.6 is 0 Å². The molecule has 0 atom stereocenters. The van der Waals surface area contributed by atoms with Crippen LogP contribution in [-0.2, 0) is 6.54 Å². The average molecular weight is 561 g/mol. The van der Waals surface area contributed by atoms with Gasteiger partial charge in [0.2, 0.25) is 5.95 Å². The molecule has 41 heavy (non-hydrogen) atoms. The third-order valence-corrected chi connectivity index (χ3v) is 8.25. The van der Waals surface area contributed by atoms with Crippen molar-refractivity contribution in [2.24, 2.45) is 10.8 Å². The maximum atomic E-state index is 5.01.